The van der Waals surface area contributed by atoms with Crippen LogP contribution in [0.5, 0.6) is 0 Å². The van der Waals surface area contributed by atoms with Crippen LogP contribution in [0.25, 0.3) is 0 Å². The van der Waals surface area contributed by atoms with E-state index in [4.69, 9.17) is 4.74 Å². The molecule has 30 heavy (non-hydrogen) atoms. The molecule has 2 saturated carbocycles. The third-order valence-corrected chi connectivity index (χ3v) is 7.31. The number of aryl methyl sites for hydroxylation is 1. The van der Waals surface area contributed by atoms with Crippen molar-refractivity contribution in [2.24, 2.45) is 35.5 Å². The predicted molar refractivity (Wildman–Crippen MR) is 107 cm³/mol. The van der Waals surface area contributed by atoms with Gasteiger partial charge < -0.3 is 4.74 Å². The minimum Gasteiger partial charge on any atom is -0.454 e. The second kappa shape index (κ2) is 6.89. The molecule has 7 atom stereocenters. The topological polar surface area (TPSA) is 80.8 Å². The first-order valence-corrected chi connectivity index (χ1v) is 10.7. The molecule has 1 aromatic carbocycles. The summed E-state index contributed by atoms with van der Waals surface area (Å²) in [6.45, 7) is 3.49. The molecule has 156 valence electrons. The van der Waals surface area contributed by atoms with Crippen molar-refractivity contribution < 1.29 is 23.9 Å². The Bertz CT molecular complexity index is 928. The number of rotatable bonds is 6. The highest BCUT2D eigenvalue weighted by molar-refractivity contribution is 6.06. The molecule has 0 N–H and O–H groups in total. The summed E-state index contributed by atoms with van der Waals surface area (Å²) in [4.78, 5) is 51.8. The number of nitrogens with zero attached hydrogens (tertiary/aromatic N) is 1. The Labute approximate surface area is 175 Å². The second-order valence-corrected chi connectivity index (χ2v) is 9.10. The molecule has 6 nitrogen and oxygen atoms in total. The van der Waals surface area contributed by atoms with Gasteiger partial charge in [-0.05, 0) is 43.9 Å². The fourth-order valence-corrected chi connectivity index (χ4v) is 5.70. The van der Waals surface area contributed by atoms with E-state index in [0.29, 0.717) is 17.4 Å². The summed E-state index contributed by atoms with van der Waals surface area (Å²) in [5, 5.41) is 0. The van der Waals surface area contributed by atoms with Crippen LogP contribution in [0.4, 0.5) is 0 Å². The minimum absolute atomic E-state index is 0.0176. The number of ketones is 1. The van der Waals surface area contributed by atoms with Crippen LogP contribution in [0.3, 0.4) is 0 Å². The van der Waals surface area contributed by atoms with E-state index in [-0.39, 0.29) is 54.2 Å². The van der Waals surface area contributed by atoms with Gasteiger partial charge in [0.1, 0.15) is 0 Å². The van der Waals surface area contributed by atoms with E-state index in [0.717, 1.165) is 12.0 Å². The van der Waals surface area contributed by atoms with Gasteiger partial charge in [0.25, 0.3) is 0 Å². The highest BCUT2D eigenvalue weighted by Crippen LogP contribution is 2.65. The number of Topliss-reactive ketones (excluding diaryl/α,β-unsaturated/α-hetero) is 1. The molecule has 6 heteroatoms. The summed E-state index contributed by atoms with van der Waals surface area (Å²) in [7, 11) is 0. The zero-order chi connectivity index (χ0) is 21.2. The van der Waals surface area contributed by atoms with Crippen molar-refractivity contribution in [1.82, 2.24) is 4.90 Å². The SMILES string of the molecule is Cc1ccc(C(=O)[C@H](C)OC(=O)CCN2C(=O)[C@H]3[C@@H]4C=C[C@H]([C@H]5C[C@H]45)[C@@H]3C2=O)cc1. The van der Waals surface area contributed by atoms with Gasteiger partial charge in [-0.2, -0.15) is 0 Å². The second-order valence-electron chi connectivity index (χ2n) is 9.10. The Balaban J connectivity index is 1.18. The first-order valence-electron chi connectivity index (χ1n) is 10.7. The largest absolute Gasteiger partial charge is 0.454 e. The maximum atomic E-state index is 12.9. The molecular weight excluding hydrogens is 382 g/mol. The van der Waals surface area contributed by atoms with E-state index >= 15 is 0 Å². The van der Waals surface area contributed by atoms with E-state index < -0.39 is 12.1 Å². The van der Waals surface area contributed by atoms with E-state index in [1.165, 1.54) is 11.8 Å². The van der Waals surface area contributed by atoms with Gasteiger partial charge in [-0.15, -0.1) is 0 Å². The van der Waals surface area contributed by atoms with Crippen molar-refractivity contribution in [2.75, 3.05) is 6.54 Å². The average molecular weight is 407 g/mol. The molecule has 1 saturated heterocycles. The van der Waals surface area contributed by atoms with Crippen molar-refractivity contribution >= 4 is 23.6 Å². The van der Waals surface area contributed by atoms with E-state index in [1.54, 1.807) is 12.1 Å². The number of imide groups is 1. The minimum atomic E-state index is -0.917. The molecule has 4 aliphatic carbocycles. The lowest BCUT2D eigenvalue weighted by atomic mass is 9.63. The number of hydrogen-bond acceptors (Lipinski definition) is 5. The summed E-state index contributed by atoms with van der Waals surface area (Å²) < 4.78 is 5.27. The molecule has 3 fully saturated rings. The molecule has 1 heterocycles. The number of esters is 1. The Morgan fingerprint density at radius 2 is 1.60 bits per heavy atom. The average Bonchev–Trinajstić information content (AvgIpc) is 3.51. The van der Waals surface area contributed by atoms with Crippen LogP contribution in [0, 0.1) is 42.4 Å². The van der Waals surface area contributed by atoms with Crippen molar-refractivity contribution in [2.45, 2.75) is 32.8 Å². The van der Waals surface area contributed by atoms with Crippen LogP contribution in [-0.4, -0.2) is 41.1 Å². The van der Waals surface area contributed by atoms with Gasteiger partial charge in [0.2, 0.25) is 17.6 Å². The Morgan fingerprint density at radius 1 is 1.03 bits per heavy atom. The lowest BCUT2D eigenvalue weighted by Gasteiger charge is -2.37. The first kappa shape index (κ1) is 19.2. The molecule has 2 amide bonds. The fourth-order valence-electron chi connectivity index (χ4n) is 5.70. The van der Waals surface area contributed by atoms with Crippen molar-refractivity contribution in [3.8, 4) is 0 Å². The maximum Gasteiger partial charge on any atom is 0.308 e. The van der Waals surface area contributed by atoms with Gasteiger partial charge in [-0.25, -0.2) is 0 Å². The number of carbonyl (C=O) groups is 4. The molecule has 2 bridgehead atoms. The van der Waals surface area contributed by atoms with Gasteiger partial charge in [-0.1, -0.05) is 42.0 Å². The van der Waals surface area contributed by atoms with Crippen molar-refractivity contribution in [3.05, 3.63) is 47.5 Å². The van der Waals surface area contributed by atoms with E-state index in [1.807, 2.05) is 19.1 Å². The van der Waals surface area contributed by atoms with Crippen LogP contribution < -0.4 is 0 Å². The molecule has 6 rings (SSSR count). The van der Waals surface area contributed by atoms with E-state index in [2.05, 4.69) is 12.2 Å². The highest BCUT2D eigenvalue weighted by atomic mass is 16.5. The molecule has 0 unspecified atom stereocenters. The zero-order valence-electron chi connectivity index (χ0n) is 17.1. The molecule has 5 aliphatic rings. The van der Waals surface area contributed by atoms with Crippen LogP contribution in [-0.2, 0) is 19.1 Å². The summed E-state index contributed by atoms with van der Waals surface area (Å²) in [5.74, 6) is -0.211. The van der Waals surface area contributed by atoms with Crippen LogP contribution in [0.15, 0.2) is 36.4 Å². The van der Waals surface area contributed by atoms with Gasteiger partial charge >= 0.3 is 5.97 Å². The molecule has 1 aliphatic heterocycles. The third kappa shape index (κ3) is 2.92. The monoisotopic (exact) mass is 407 g/mol. The number of likely N-dealkylation sites (tertiary alicyclic amines) is 1. The molecular formula is C24H25NO5. The summed E-state index contributed by atoms with van der Waals surface area (Å²) in [6, 6.07) is 7.08. The van der Waals surface area contributed by atoms with Crippen LogP contribution in [0.2, 0.25) is 0 Å². The van der Waals surface area contributed by atoms with Gasteiger partial charge in [-0.3, -0.25) is 24.1 Å². The summed E-state index contributed by atoms with van der Waals surface area (Å²) in [5.41, 5.74) is 1.52. The van der Waals surface area contributed by atoms with Crippen molar-refractivity contribution in [3.63, 3.8) is 0 Å². The predicted octanol–water partition coefficient (Wildman–Crippen LogP) is 2.55. The van der Waals surface area contributed by atoms with Gasteiger partial charge in [0.05, 0.1) is 18.3 Å². The lowest BCUT2D eigenvalue weighted by molar-refractivity contribution is -0.148. The Hall–Kier alpha value is -2.76. The standard InChI is InChI=1S/C24H25NO5/c1-12-3-5-14(6-4-12)22(27)13(2)30-19(26)9-10-25-23(28)20-15-7-8-16(18-11-17(15)18)21(20)24(25)29/h3-8,13,15-18,20-21H,9-11H2,1-2H3/t13-,15+,16+,17+,18+,20-,21-/m0/s1. The molecule has 1 aromatic rings. The zero-order valence-corrected chi connectivity index (χ0v) is 17.1. The van der Waals surface area contributed by atoms with Gasteiger partial charge in [0.15, 0.2) is 6.10 Å². The number of benzene rings is 1. The number of amides is 2. The highest BCUT2D eigenvalue weighted by Gasteiger charge is 2.66. The first-order chi connectivity index (χ1) is 14.4. The smallest absolute Gasteiger partial charge is 0.308 e. The lowest BCUT2D eigenvalue weighted by Crippen LogP contribution is -2.40. The molecule has 0 spiro atoms. The fraction of sp³-hybridized carbons (Fsp3) is 0.500. The Kier molecular flexibility index (Phi) is 4.42. The molecule has 0 aromatic heterocycles. The normalized spacial score (nSPS) is 33.9. The number of carbonyl (C=O) groups excluding carboxylic acids is 4. The number of ether oxygens (including phenoxy) is 1. The van der Waals surface area contributed by atoms with Gasteiger partial charge in [0, 0.05) is 12.1 Å². The van der Waals surface area contributed by atoms with Crippen molar-refractivity contribution in [1.29, 1.82) is 0 Å². The quantitative estimate of drug-likeness (QED) is 0.313. The molecule has 0 radical (unpaired) electrons. The number of hydrogen-bond donors (Lipinski definition) is 0. The summed E-state index contributed by atoms with van der Waals surface area (Å²) >= 11 is 0. The maximum absolute atomic E-state index is 12.9. The Morgan fingerprint density at radius 3 is 2.17 bits per heavy atom. The van der Waals surface area contributed by atoms with Crippen LogP contribution >= 0.6 is 0 Å². The van der Waals surface area contributed by atoms with E-state index in [9.17, 15) is 19.2 Å². The van der Waals surface area contributed by atoms with Crippen LogP contribution in [0.1, 0.15) is 35.7 Å². The number of allylic oxidation sites excluding steroid dienone is 2. The summed E-state index contributed by atoms with van der Waals surface area (Å²) in [6.07, 6.45) is 4.36. The third-order valence-electron chi connectivity index (χ3n) is 7.31.